The molecule has 0 heterocycles. The van der Waals surface area contributed by atoms with Gasteiger partial charge in [0, 0.05) is 0 Å². The molecule has 0 atom stereocenters. The Morgan fingerprint density at radius 2 is 1.46 bits per heavy atom. The van der Waals surface area contributed by atoms with Crippen molar-refractivity contribution in [2.24, 2.45) is 5.92 Å². The fourth-order valence-electron chi connectivity index (χ4n) is 3.59. The van der Waals surface area contributed by atoms with E-state index in [2.05, 4.69) is 0 Å². The van der Waals surface area contributed by atoms with E-state index in [0.717, 1.165) is 34.4 Å². The number of hydrogen-bond acceptors (Lipinski definition) is 0. The van der Waals surface area contributed by atoms with E-state index in [1.165, 1.54) is 0 Å². The third-order valence-corrected chi connectivity index (χ3v) is 5.15. The lowest BCUT2D eigenvalue weighted by Gasteiger charge is -2.18. The first-order chi connectivity index (χ1) is 12.9. The SMILES string of the molecule is CCc1ccc2c(c1-c1cc(C(F)(F)F)cc(C(F)(F)F)c1)C=C(C(C)C)C2. The van der Waals surface area contributed by atoms with E-state index in [-0.39, 0.29) is 17.5 Å². The molecular weight excluding hydrogens is 378 g/mol. The number of hydrogen-bond donors (Lipinski definition) is 0. The molecule has 2 aromatic rings. The maximum atomic E-state index is 13.3. The fourth-order valence-corrected chi connectivity index (χ4v) is 3.59. The van der Waals surface area contributed by atoms with Crippen molar-refractivity contribution in [2.45, 2.75) is 46.0 Å². The summed E-state index contributed by atoms with van der Waals surface area (Å²) in [5.41, 5.74) is 1.35. The molecule has 6 heteroatoms. The van der Waals surface area contributed by atoms with Gasteiger partial charge in [-0.25, -0.2) is 0 Å². The van der Waals surface area contributed by atoms with Gasteiger partial charge in [0.25, 0.3) is 0 Å². The average Bonchev–Trinajstić information content (AvgIpc) is 3.03. The molecule has 28 heavy (non-hydrogen) atoms. The Bertz CT molecular complexity index is 897. The lowest BCUT2D eigenvalue weighted by Crippen LogP contribution is -2.11. The second-order valence-electron chi connectivity index (χ2n) is 7.37. The zero-order chi connectivity index (χ0) is 20.9. The maximum Gasteiger partial charge on any atom is 0.416 e. The first-order valence-electron chi connectivity index (χ1n) is 9.07. The van der Waals surface area contributed by atoms with Crippen LogP contribution in [0.15, 0.2) is 35.9 Å². The smallest absolute Gasteiger partial charge is 0.166 e. The van der Waals surface area contributed by atoms with Crippen molar-refractivity contribution in [3.05, 3.63) is 63.7 Å². The molecule has 150 valence electrons. The monoisotopic (exact) mass is 398 g/mol. The molecule has 0 unspecified atom stereocenters. The number of fused-ring (bicyclic) bond motifs is 1. The van der Waals surface area contributed by atoms with Gasteiger partial charge in [0.05, 0.1) is 11.1 Å². The molecule has 0 aromatic heterocycles. The molecule has 0 N–H and O–H groups in total. The fraction of sp³-hybridized carbons (Fsp3) is 0.364. The van der Waals surface area contributed by atoms with Crippen molar-refractivity contribution < 1.29 is 26.3 Å². The number of benzene rings is 2. The lowest BCUT2D eigenvalue weighted by atomic mass is 9.89. The molecule has 2 aromatic carbocycles. The van der Waals surface area contributed by atoms with Gasteiger partial charge in [-0.15, -0.1) is 0 Å². The molecular formula is C22H20F6. The highest BCUT2D eigenvalue weighted by Gasteiger charge is 2.37. The van der Waals surface area contributed by atoms with Crippen molar-refractivity contribution in [3.8, 4) is 11.1 Å². The predicted octanol–water partition coefficient (Wildman–Crippen LogP) is 7.55. The van der Waals surface area contributed by atoms with Gasteiger partial charge in [0.1, 0.15) is 0 Å². The van der Waals surface area contributed by atoms with Crippen LogP contribution < -0.4 is 0 Å². The standard InChI is InChI=1S/C22H20F6/c1-4-13-5-6-14-7-15(12(2)3)10-19(14)20(13)16-8-17(21(23,24)25)11-18(9-16)22(26,27)28/h5-6,8-12H,4,7H2,1-3H3. The Labute approximate surface area is 159 Å². The van der Waals surface area contributed by atoms with E-state index in [1.54, 1.807) is 6.07 Å². The van der Waals surface area contributed by atoms with Gasteiger partial charge in [-0.1, -0.05) is 44.6 Å². The highest BCUT2D eigenvalue weighted by molar-refractivity contribution is 5.84. The summed E-state index contributed by atoms with van der Waals surface area (Å²) in [6.45, 7) is 5.87. The second-order valence-corrected chi connectivity index (χ2v) is 7.37. The molecule has 3 rings (SSSR count). The van der Waals surface area contributed by atoms with Crippen molar-refractivity contribution in [3.63, 3.8) is 0 Å². The third kappa shape index (κ3) is 3.82. The highest BCUT2D eigenvalue weighted by atomic mass is 19.4. The first kappa shape index (κ1) is 20.5. The summed E-state index contributed by atoms with van der Waals surface area (Å²) in [6, 6.07) is 5.55. The van der Waals surface area contributed by atoms with Crippen molar-refractivity contribution in [1.29, 1.82) is 0 Å². The molecule has 0 nitrogen and oxygen atoms in total. The van der Waals surface area contributed by atoms with Crippen LogP contribution in [0, 0.1) is 5.92 Å². The Morgan fingerprint density at radius 1 is 0.893 bits per heavy atom. The van der Waals surface area contributed by atoms with Crippen LogP contribution in [-0.4, -0.2) is 0 Å². The van der Waals surface area contributed by atoms with E-state index < -0.39 is 23.5 Å². The van der Waals surface area contributed by atoms with E-state index in [9.17, 15) is 26.3 Å². The van der Waals surface area contributed by atoms with Crippen molar-refractivity contribution in [2.75, 3.05) is 0 Å². The number of allylic oxidation sites excluding steroid dienone is 1. The van der Waals surface area contributed by atoms with Crippen LogP contribution in [0.4, 0.5) is 26.3 Å². The van der Waals surface area contributed by atoms with Crippen LogP contribution >= 0.6 is 0 Å². The Hall–Kier alpha value is -2.24. The largest absolute Gasteiger partial charge is 0.416 e. The number of halogens is 6. The van der Waals surface area contributed by atoms with Gasteiger partial charge in [0.2, 0.25) is 0 Å². The van der Waals surface area contributed by atoms with E-state index in [0.29, 0.717) is 18.4 Å². The molecule has 0 spiro atoms. The summed E-state index contributed by atoms with van der Waals surface area (Å²) in [5.74, 6) is 0.248. The minimum Gasteiger partial charge on any atom is -0.166 e. The van der Waals surface area contributed by atoms with Gasteiger partial charge >= 0.3 is 12.4 Å². The second kappa shape index (κ2) is 6.98. The van der Waals surface area contributed by atoms with Crippen LogP contribution in [0.2, 0.25) is 0 Å². The van der Waals surface area contributed by atoms with E-state index >= 15 is 0 Å². The van der Waals surface area contributed by atoms with Crippen LogP contribution in [0.5, 0.6) is 0 Å². The topological polar surface area (TPSA) is 0 Å². The molecule has 0 saturated heterocycles. The Balaban J connectivity index is 2.31. The predicted molar refractivity (Wildman–Crippen MR) is 97.8 cm³/mol. The minimum atomic E-state index is -4.86. The summed E-state index contributed by atoms with van der Waals surface area (Å²) < 4.78 is 79.8. The van der Waals surface area contributed by atoms with Gasteiger partial charge in [-0.2, -0.15) is 26.3 Å². The number of aryl methyl sites for hydroxylation is 1. The third-order valence-electron chi connectivity index (χ3n) is 5.15. The Morgan fingerprint density at radius 3 is 1.93 bits per heavy atom. The molecule has 0 aliphatic heterocycles. The average molecular weight is 398 g/mol. The molecule has 0 radical (unpaired) electrons. The molecule has 0 amide bonds. The minimum absolute atomic E-state index is 0.0443. The van der Waals surface area contributed by atoms with Gasteiger partial charge in [-0.05, 0) is 64.8 Å². The van der Waals surface area contributed by atoms with Crippen LogP contribution in [0.1, 0.15) is 48.6 Å². The normalized spacial score (nSPS) is 14.4. The quantitative estimate of drug-likeness (QED) is 0.468. The number of alkyl halides is 6. The summed E-state index contributed by atoms with van der Waals surface area (Å²) in [4.78, 5) is 0. The summed E-state index contributed by atoms with van der Waals surface area (Å²) >= 11 is 0. The molecule has 0 saturated carbocycles. The first-order valence-corrected chi connectivity index (χ1v) is 9.07. The van der Waals surface area contributed by atoms with Crippen LogP contribution in [0.25, 0.3) is 17.2 Å². The van der Waals surface area contributed by atoms with Gasteiger partial charge < -0.3 is 0 Å². The van der Waals surface area contributed by atoms with E-state index in [4.69, 9.17) is 0 Å². The summed E-state index contributed by atoms with van der Waals surface area (Å²) in [7, 11) is 0. The molecule has 0 bridgehead atoms. The van der Waals surface area contributed by atoms with E-state index in [1.807, 2.05) is 32.9 Å². The number of rotatable bonds is 3. The highest BCUT2D eigenvalue weighted by Crippen LogP contribution is 2.43. The zero-order valence-electron chi connectivity index (χ0n) is 15.7. The molecule has 0 fully saturated rings. The summed E-state index contributed by atoms with van der Waals surface area (Å²) in [5, 5.41) is 0. The zero-order valence-corrected chi connectivity index (χ0v) is 15.7. The van der Waals surface area contributed by atoms with Crippen LogP contribution in [-0.2, 0) is 25.2 Å². The lowest BCUT2D eigenvalue weighted by molar-refractivity contribution is -0.143. The Kier molecular flexibility index (Phi) is 5.11. The molecule has 1 aliphatic rings. The van der Waals surface area contributed by atoms with Gasteiger partial charge in [-0.3, -0.25) is 0 Å². The molecule has 1 aliphatic carbocycles. The van der Waals surface area contributed by atoms with Crippen molar-refractivity contribution >= 4 is 6.08 Å². The maximum absolute atomic E-state index is 13.3. The van der Waals surface area contributed by atoms with Gasteiger partial charge in [0.15, 0.2) is 0 Å². The van der Waals surface area contributed by atoms with Crippen LogP contribution in [0.3, 0.4) is 0 Å². The van der Waals surface area contributed by atoms with Crippen molar-refractivity contribution in [1.82, 2.24) is 0 Å². The summed E-state index contributed by atoms with van der Waals surface area (Å²) in [6.07, 6.45) is -6.64.